The third-order valence-corrected chi connectivity index (χ3v) is 4.00. The molecule has 0 aliphatic carbocycles. The summed E-state index contributed by atoms with van der Waals surface area (Å²) >= 11 is 0. The van der Waals surface area contributed by atoms with E-state index in [1.165, 1.54) is 0 Å². The third kappa shape index (κ3) is 4.70. The molecule has 0 N–H and O–H groups in total. The van der Waals surface area contributed by atoms with Crippen LogP contribution in [0.25, 0.3) is 0 Å². The van der Waals surface area contributed by atoms with E-state index in [1.54, 1.807) is 7.11 Å². The summed E-state index contributed by atoms with van der Waals surface area (Å²) in [5, 5.41) is 0. The molecule has 1 saturated heterocycles. The van der Waals surface area contributed by atoms with Crippen molar-refractivity contribution in [1.29, 1.82) is 0 Å². The molecule has 4 nitrogen and oxygen atoms in total. The van der Waals surface area contributed by atoms with Crippen LogP contribution in [-0.4, -0.2) is 50.1 Å². The lowest BCUT2D eigenvalue weighted by Crippen LogP contribution is -2.54. The second-order valence-corrected chi connectivity index (χ2v) is 5.63. The third-order valence-electron chi connectivity index (χ3n) is 4.00. The summed E-state index contributed by atoms with van der Waals surface area (Å²) in [7, 11) is 1.76. The molecule has 0 bridgehead atoms. The smallest absolute Gasteiger partial charge is 0.147 e. The molecule has 0 spiro atoms. The van der Waals surface area contributed by atoms with Gasteiger partial charge in [0.05, 0.1) is 13.2 Å². The topological polar surface area (TPSA) is 30.9 Å². The van der Waals surface area contributed by atoms with Gasteiger partial charge in [0.15, 0.2) is 0 Å². The Labute approximate surface area is 128 Å². The van der Waals surface area contributed by atoms with Crippen LogP contribution in [0, 0.1) is 0 Å². The van der Waals surface area contributed by atoms with E-state index in [2.05, 4.69) is 24.5 Å². The Bertz CT molecular complexity index is 391. The Kier molecular flexibility index (Phi) is 6.49. The fraction of sp³-hybridized carbons (Fsp3) is 0.647. The highest BCUT2D eigenvalue weighted by Gasteiger charge is 2.33. The lowest BCUT2D eigenvalue weighted by atomic mass is 10.1. The minimum atomic E-state index is -0.0579. The van der Waals surface area contributed by atoms with Crippen molar-refractivity contribution >= 4 is 0 Å². The molecule has 2 aliphatic heterocycles. The first-order valence-corrected chi connectivity index (χ1v) is 7.77. The van der Waals surface area contributed by atoms with Gasteiger partial charge in [0.25, 0.3) is 0 Å². The minimum absolute atomic E-state index is 0.000741. The van der Waals surface area contributed by atoms with Gasteiger partial charge in [0.2, 0.25) is 0 Å². The molecule has 0 aromatic carbocycles. The van der Waals surface area contributed by atoms with Gasteiger partial charge < -0.3 is 14.2 Å². The molecule has 0 amide bonds. The molecule has 0 saturated carbocycles. The summed E-state index contributed by atoms with van der Waals surface area (Å²) < 4.78 is 17.4. The quantitative estimate of drug-likeness (QED) is 0.800. The zero-order chi connectivity index (χ0) is 15.1. The number of allylic oxidation sites excluding steroid dienone is 4. The van der Waals surface area contributed by atoms with Gasteiger partial charge in [-0.25, -0.2) is 0 Å². The molecule has 3 atom stereocenters. The largest absolute Gasteiger partial charge is 0.487 e. The van der Waals surface area contributed by atoms with E-state index in [-0.39, 0.29) is 12.3 Å². The Hall–Kier alpha value is -1.10. The van der Waals surface area contributed by atoms with Crippen molar-refractivity contribution in [3.8, 4) is 0 Å². The standard InChI is InChI=1S/C17H27NO3/c1-14-13-20-12-11-18(14)17(19-3)16-10-8-6-4-5-7-9-15(2)21-16/h4-5,7,9,14,16-17H,2,6,8,10-13H2,1,3H3/b5-4-,9-7-/t14-,16?,17?/m0/s1. The molecule has 0 radical (unpaired) electrons. The Morgan fingerprint density at radius 2 is 2.29 bits per heavy atom. The molecule has 2 rings (SSSR count). The monoisotopic (exact) mass is 293 g/mol. The molecule has 118 valence electrons. The van der Waals surface area contributed by atoms with Crippen molar-refractivity contribution < 1.29 is 14.2 Å². The number of rotatable bonds is 3. The zero-order valence-electron chi connectivity index (χ0n) is 13.2. The average Bonchev–Trinajstić information content (AvgIpc) is 2.48. The van der Waals surface area contributed by atoms with E-state index >= 15 is 0 Å². The zero-order valence-corrected chi connectivity index (χ0v) is 13.2. The van der Waals surface area contributed by atoms with Gasteiger partial charge in [-0.2, -0.15) is 0 Å². The molecule has 2 heterocycles. The second-order valence-electron chi connectivity index (χ2n) is 5.63. The number of hydrogen-bond acceptors (Lipinski definition) is 4. The van der Waals surface area contributed by atoms with Gasteiger partial charge in [-0.15, -0.1) is 0 Å². The normalized spacial score (nSPS) is 33.0. The highest BCUT2D eigenvalue weighted by atomic mass is 16.5. The first-order chi connectivity index (χ1) is 10.2. The van der Waals surface area contributed by atoms with Crippen molar-refractivity contribution in [3.05, 3.63) is 36.6 Å². The molecule has 21 heavy (non-hydrogen) atoms. The van der Waals surface area contributed by atoms with Gasteiger partial charge in [-0.1, -0.05) is 24.8 Å². The van der Waals surface area contributed by atoms with Crippen LogP contribution in [0.3, 0.4) is 0 Å². The second kappa shape index (κ2) is 8.37. The molecule has 1 fully saturated rings. The highest BCUT2D eigenvalue weighted by Crippen LogP contribution is 2.22. The maximum Gasteiger partial charge on any atom is 0.147 e. The Morgan fingerprint density at radius 3 is 3.05 bits per heavy atom. The molecule has 4 heteroatoms. The van der Waals surface area contributed by atoms with E-state index < -0.39 is 0 Å². The number of nitrogens with zero attached hydrogens (tertiary/aromatic N) is 1. The van der Waals surface area contributed by atoms with Crippen LogP contribution in [0.1, 0.15) is 26.2 Å². The fourth-order valence-corrected chi connectivity index (χ4v) is 2.89. The van der Waals surface area contributed by atoms with Crippen LogP contribution in [0.5, 0.6) is 0 Å². The Balaban J connectivity index is 2.08. The maximum atomic E-state index is 6.06. The van der Waals surface area contributed by atoms with Gasteiger partial charge in [-0.05, 0) is 32.3 Å². The van der Waals surface area contributed by atoms with Gasteiger partial charge >= 0.3 is 0 Å². The summed E-state index contributed by atoms with van der Waals surface area (Å²) in [5.74, 6) is 0.689. The van der Waals surface area contributed by atoms with Crippen molar-refractivity contribution in [1.82, 2.24) is 4.90 Å². The number of methoxy groups -OCH3 is 1. The van der Waals surface area contributed by atoms with Crippen LogP contribution in [0.15, 0.2) is 36.6 Å². The average molecular weight is 293 g/mol. The SMILES string of the molecule is C=C1/C=C\C=C/CCCC(C(OC)N2CCOC[C@@H]2C)O1. The van der Waals surface area contributed by atoms with Crippen LogP contribution in [0.4, 0.5) is 0 Å². The minimum Gasteiger partial charge on any atom is -0.487 e. The molecule has 0 aromatic heterocycles. The number of hydrogen-bond donors (Lipinski definition) is 0. The van der Waals surface area contributed by atoms with Crippen molar-refractivity contribution in [3.63, 3.8) is 0 Å². The van der Waals surface area contributed by atoms with Crippen molar-refractivity contribution in [2.24, 2.45) is 0 Å². The van der Waals surface area contributed by atoms with Gasteiger partial charge in [-0.3, -0.25) is 4.90 Å². The first kappa shape index (κ1) is 16.3. The summed E-state index contributed by atoms with van der Waals surface area (Å²) in [6, 6.07) is 0.339. The fourth-order valence-electron chi connectivity index (χ4n) is 2.89. The summed E-state index contributed by atoms with van der Waals surface area (Å²) in [4.78, 5) is 2.34. The van der Waals surface area contributed by atoms with E-state index in [0.29, 0.717) is 11.8 Å². The van der Waals surface area contributed by atoms with E-state index in [0.717, 1.165) is 39.0 Å². The maximum absolute atomic E-state index is 6.06. The van der Waals surface area contributed by atoms with Crippen LogP contribution in [0.2, 0.25) is 0 Å². The first-order valence-electron chi connectivity index (χ1n) is 7.77. The van der Waals surface area contributed by atoms with Gasteiger partial charge in [0.1, 0.15) is 18.1 Å². The molecule has 0 aromatic rings. The summed E-state index contributed by atoms with van der Waals surface area (Å²) in [5.41, 5.74) is 0. The molecular formula is C17H27NO3. The van der Waals surface area contributed by atoms with Crippen LogP contribution >= 0.6 is 0 Å². The van der Waals surface area contributed by atoms with E-state index in [1.807, 2.05) is 18.2 Å². The summed E-state index contributed by atoms with van der Waals surface area (Å²) in [6.07, 6.45) is 11.2. The molecular weight excluding hydrogens is 266 g/mol. The van der Waals surface area contributed by atoms with E-state index in [4.69, 9.17) is 14.2 Å². The Morgan fingerprint density at radius 1 is 1.43 bits per heavy atom. The summed E-state index contributed by atoms with van der Waals surface area (Å²) in [6.45, 7) is 8.52. The van der Waals surface area contributed by atoms with Crippen LogP contribution in [-0.2, 0) is 14.2 Å². The van der Waals surface area contributed by atoms with E-state index in [9.17, 15) is 0 Å². The predicted octanol–water partition coefficient (Wildman–Crippen LogP) is 2.87. The molecule has 2 aliphatic rings. The van der Waals surface area contributed by atoms with Crippen molar-refractivity contribution in [2.75, 3.05) is 26.9 Å². The van der Waals surface area contributed by atoms with Crippen molar-refractivity contribution in [2.45, 2.75) is 44.6 Å². The number of ether oxygens (including phenoxy) is 3. The predicted molar refractivity (Wildman–Crippen MR) is 83.9 cm³/mol. The molecule has 2 unspecified atom stereocenters. The lowest BCUT2D eigenvalue weighted by Gasteiger charge is -2.41. The lowest BCUT2D eigenvalue weighted by molar-refractivity contribution is -0.156. The highest BCUT2D eigenvalue weighted by molar-refractivity contribution is 5.15. The van der Waals surface area contributed by atoms with Gasteiger partial charge in [0, 0.05) is 19.7 Å². The number of morpholine rings is 1. The van der Waals surface area contributed by atoms with Crippen LogP contribution < -0.4 is 0 Å².